The number of benzene rings is 1. The monoisotopic (exact) mass is 404 g/mol. The maximum Gasteiger partial charge on any atom is 0.308 e. The van der Waals surface area contributed by atoms with Crippen LogP contribution in [0.3, 0.4) is 0 Å². The summed E-state index contributed by atoms with van der Waals surface area (Å²) in [5.41, 5.74) is 0.692. The van der Waals surface area contributed by atoms with Gasteiger partial charge in [0.15, 0.2) is 0 Å². The van der Waals surface area contributed by atoms with Crippen molar-refractivity contribution in [3.8, 4) is 0 Å². The largest absolute Gasteiger partial charge is 0.469 e. The van der Waals surface area contributed by atoms with Crippen molar-refractivity contribution in [2.45, 2.75) is 25.3 Å². The highest BCUT2D eigenvalue weighted by Gasteiger charge is 2.44. The second-order valence-electron chi connectivity index (χ2n) is 6.95. The first-order valence-electron chi connectivity index (χ1n) is 9.32. The molecule has 2 aliphatic rings. The highest BCUT2D eigenvalue weighted by molar-refractivity contribution is 7.98. The standard InChI is InChI=1S/C20H24N2O5S/c1-27-20(26)13-7-10-21(11-8-13)19(25)16(9-12-28-2)22-17(23)14-5-3-4-6-15(14)18(22)24/h3-6,13,16H,7-12H2,1-2H3/t16-/m1/s1. The maximum atomic E-state index is 13.2. The third-order valence-electron chi connectivity index (χ3n) is 5.36. The first kappa shape index (κ1) is 20.4. The SMILES string of the molecule is COC(=O)C1CCN(C(=O)[C@@H](CCSC)N2C(=O)c3ccccc3C2=O)CC1. The van der Waals surface area contributed by atoms with Crippen LogP contribution in [-0.4, -0.2) is 71.7 Å². The number of esters is 1. The van der Waals surface area contributed by atoms with Crippen LogP contribution in [0.1, 0.15) is 40.0 Å². The zero-order chi connectivity index (χ0) is 20.3. The van der Waals surface area contributed by atoms with Gasteiger partial charge in [0.05, 0.1) is 24.2 Å². The third kappa shape index (κ3) is 3.78. The number of carbonyl (C=O) groups is 4. The molecule has 0 aromatic heterocycles. The smallest absolute Gasteiger partial charge is 0.308 e. The lowest BCUT2D eigenvalue weighted by Gasteiger charge is -2.35. The van der Waals surface area contributed by atoms with Crippen molar-refractivity contribution in [3.63, 3.8) is 0 Å². The summed E-state index contributed by atoms with van der Waals surface area (Å²) in [7, 11) is 1.36. The number of rotatable bonds is 6. The van der Waals surface area contributed by atoms with E-state index in [0.29, 0.717) is 49.2 Å². The van der Waals surface area contributed by atoms with Crippen LogP contribution < -0.4 is 0 Å². The molecule has 0 radical (unpaired) electrons. The summed E-state index contributed by atoms with van der Waals surface area (Å²) in [6.45, 7) is 0.828. The average Bonchev–Trinajstić information content (AvgIpc) is 2.99. The Morgan fingerprint density at radius 2 is 1.71 bits per heavy atom. The van der Waals surface area contributed by atoms with Gasteiger partial charge in [-0.05, 0) is 43.4 Å². The van der Waals surface area contributed by atoms with Gasteiger partial charge in [-0.1, -0.05) is 12.1 Å². The first-order valence-corrected chi connectivity index (χ1v) is 10.7. The van der Waals surface area contributed by atoms with Gasteiger partial charge in [-0.2, -0.15) is 11.8 Å². The molecule has 3 amide bonds. The molecule has 3 rings (SSSR count). The Kier molecular flexibility index (Phi) is 6.39. The second-order valence-corrected chi connectivity index (χ2v) is 7.93. The summed E-state index contributed by atoms with van der Waals surface area (Å²) in [5.74, 6) is -0.868. The van der Waals surface area contributed by atoms with Crippen LogP contribution in [0.2, 0.25) is 0 Å². The van der Waals surface area contributed by atoms with E-state index < -0.39 is 17.9 Å². The normalized spacial score (nSPS) is 18.2. The van der Waals surface area contributed by atoms with Gasteiger partial charge in [0.25, 0.3) is 11.8 Å². The lowest BCUT2D eigenvalue weighted by Crippen LogP contribution is -2.53. The minimum atomic E-state index is -0.825. The molecule has 1 fully saturated rings. The molecule has 2 heterocycles. The summed E-state index contributed by atoms with van der Waals surface area (Å²) in [6.07, 6.45) is 3.37. The summed E-state index contributed by atoms with van der Waals surface area (Å²) in [6, 6.07) is 5.84. The van der Waals surface area contributed by atoms with Crippen LogP contribution in [0.4, 0.5) is 0 Å². The van der Waals surface area contributed by atoms with E-state index in [0.717, 1.165) is 4.90 Å². The number of nitrogens with zero attached hydrogens (tertiary/aromatic N) is 2. The lowest BCUT2D eigenvalue weighted by molar-refractivity contribution is -0.149. The molecule has 1 aromatic rings. The molecule has 8 heteroatoms. The van der Waals surface area contributed by atoms with E-state index in [2.05, 4.69) is 0 Å². The van der Waals surface area contributed by atoms with Crippen LogP contribution in [-0.2, 0) is 14.3 Å². The van der Waals surface area contributed by atoms with Crippen molar-refractivity contribution < 1.29 is 23.9 Å². The van der Waals surface area contributed by atoms with Gasteiger partial charge in [0.1, 0.15) is 6.04 Å². The van der Waals surface area contributed by atoms with Crippen molar-refractivity contribution in [1.29, 1.82) is 0 Å². The Balaban J connectivity index is 1.78. The van der Waals surface area contributed by atoms with Crippen LogP contribution in [0.5, 0.6) is 0 Å². The van der Waals surface area contributed by atoms with Crippen LogP contribution >= 0.6 is 11.8 Å². The van der Waals surface area contributed by atoms with Gasteiger partial charge in [0, 0.05) is 13.1 Å². The molecule has 7 nitrogen and oxygen atoms in total. The molecule has 1 aromatic carbocycles. The number of amides is 3. The fraction of sp³-hybridized carbons (Fsp3) is 0.500. The zero-order valence-electron chi connectivity index (χ0n) is 16.1. The van der Waals surface area contributed by atoms with Crippen molar-refractivity contribution in [2.24, 2.45) is 5.92 Å². The van der Waals surface area contributed by atoms with Crippen LogP contribution in [0, 0.1) is 5.92 Å². The van der Waals surface area contributed by atoms with Gasteiger partial charge in [-0.25, -0.2) is 0 Å². The van der Waals surface area contributed by atoms with E-state index in [4.69, 9.17) is 4.74 Å². The van der Waals surface area contributed by atoms with Crippen molar-refractivity contribution in [3.05, 3.63) is 35.4 Å². The van der Waals surface area contributed by atoms with E-state index >= 15 is 0 Å². The number of thioether (sulfide) groups is 1. The molecule has 0 aliphatic carbocycles. The molecular formula is C20H24N2O5S. The quantitative estimate of drug-likeness (QED) is 0.531. The third-order valence-corrected chi connectivity index (χ3v) is 6.00. The predicted molar refractivity (Wildman–Crippen MR) is 105 cm³/mol. The minimum absolute atomic E-state index is 0.210. The second kappa shape index (κ2) is 8.77. The molecule has 2 aliphatic heterocycles. The Morgan fingerprint density at radius 3 is 2.21 bits per heavy atom. The molecule has 0 spiro atoms. The first-order chi connectivity index (χ1) is 13.5. The van der Waals surface area contributed by atoms with Gasteiger partial charge in [-0.15, -0.1) is 0 Å². The number of imide groups is 1. The van der Waals surface area contributed by atoms with Gasteiger partial charge in [-0.3, -0.25) is 24.1 Å². The fourth-order valence-corrected chi connectivity index (χ4v) is 4.26. The Labute approximate surface area is 168 Å². The molecular weight excluding hydrogens is 380 g/mol. The number of carbonyl (C=O) groups excluding carboxylic acids is 4. The topological polar surface area (TPSA) is 84.0 Å². The zero-order valence-corrected chi connectivity index (χ0v) is 16.9. The molecule has 0 unspecified atom stereocenters. The Bertz CT molecular complexity index is 754. The van der Waals surface area contributed by atoms with Crippen LogP contribution in [0.25, 0.3) is 0 Å². The number of fused-ring (bicyclic) bond motifs is 1. The Hall–Kier alpha value is -2.35. The molecule has 0 bridgehead atoms. The summed E-state index contributed by atoms with van der Waals surface area (Å²) in [4.78, 5) is 53.4. The highest BCUT2D eigenvalue weighted by Crippen LogP contribution is 2.28. The molecule has 1 atom stereocenters. The minimum Gasteiger partial charge on any atom is -0.469 e. The van der Waals surface area contributed by atoms with Gasteiger partial charge >= 0.3 is 5.97 Å². The summed E-state index contributed by atoms with van der Waals surface area (Å²) >= 11 is 1.57. The average molecular weight is 404 g/mol. The van der Waals surface area contributed by atoms with Crippen LogP contribution in [0.15, 0.2) is 24.3 Å². The molecule has 1 saturated heterocycles. The van der Waals surface area contributed by atoms with E-state index in [1.807, 2.05) is 6.26 Å². The number of ether oxygens (including phenoxy) is 1. The lowest BCUT2D eigenvalue weighted by atomic mass is 9.96. The number of methoxy groups -OCH3 is 1. The summed E-state index contributed by atoms with van der Waals surface area (Å²) in [5, 5.41) is 0. The number of hydrogen-bond donors (Lipinski definition) is 0. The van der Waals surface area contributed by atoms with E-state index in [1.165, 1.54) is 7.11 Å². The molecule has 0 N–H and O–H groups in total. The molecule has 150 valence electrons. The molecule has 0 saturated carbocycles. The van der Waals surface area contributed by atoms with Crippen molar-refractivity contribution in [1.82, 2.24) is 9.80 Å². The van der Waals surface area contributed by atoms with Gasteiger partial charge in [0.2, 0.25) is 5.91 Å². The van der Waals surface area contributed by atoms with Crippen molar-refractivity contribution >= 4 is 35.5 Å². The molecule has 28 heavy (non-hydrogen) atoms. The fourth-order valence-electron chi connectivity index (χ4n) is 3.80. The van der Waals surface area contributed by atoms with E-state index in [9.17, 15) is 19.2 Å². The van der Waals surface area contributed by atoms with E-state index in [1.54, 1.807) is 40.9 Å². The summed E-state index contributed by atoms with van der Waals surface area (Å²) < 4.78 is 4.79. The Morgan fingerprint density at radius 1 is 1.14 bits per heavy atom. The highest BCUT2D eigenvalue weighted by atomic mass is 32.2. The van der Waals surface area contributed by atoms with Gasteiger partial charge < -0.3 is 9.64 Å². The van der Waals surface area contributed by atoms with E-state index in [-0.39, 0.29) is 17.8 Å². The predicted octanol–water partition coefficient (Wildman–Crippen LogP) is 1.82. The number of likely N-dealkylation sites (tertiary alicyclic amines) is 1. The maximum absolute atomic E-state index is 13.2. The van der Waals surface area contributed by atoms with Crippen molar-refractivity contribution in [2.75, 3.05) is 32.2 Å². The number of piperidine rings is 1. The number of hydrogen-bond acceptors (Lipinski definition) is 6.